The standard InChI is InChI=1S/C21H23NO7/c1-2-27-20(26)21-7-3-4-17(21)22(19(25)14(10-21)9-18(23)24)11-13-5-6-15-16(8-13)29-12-28-15/h4-6,8,14H,2-3,7,9-12H2,1H3,(H,23,24)/t14-,21-/m0/s1. The van der Waals surface area contributed by atoms with E-state index in [1.54, 1.807) is 24.0 Å². The van der Waals surface area contributed by atoms with Crippen LogP contribution in [0.15, 0.2) is 30.0 Å². The van der Waals surface area contributed by atoms with Crippen LogP contribution in [-0.4, -0.2) is 41.3 Å². The minimum absolute atomic E-state index is 0.152. The highest BCUT2D eigenvalue weighted by atomic mass is 16.7. The van der Waals surface area contributed by atoms with Crippen LogP contribution in [0.2, 0.25) is 0 Å². The lowest BCUT2D eigenvalue weighted by Crippen LogP contribution is -2.51. The van der Waals surface area contributed by atoms with E-state index in [9.17, 15) is 19.5 Å². The molecular formula is C21H23NO7. The van der Waals surface area contributed by atoms with Crippen molar-refractivity contribution in [3.05, 3.63) is 35.5 Å². The summed E-state index contributed by atoms with van der Waals surface area (Å²) in [5.41, 5.74) is 0.463. The van der Waals surface area contributed by atoms with Crippen molar-refractivity contribution >= 4 is 17.8 Å². The average molecular weight is 401 g/mol. The van der Waals surface area contributed by atoms with Gasteiger partial charge in [0, 0.05) is 5.70 Å². The summed E-state index contributed by atoms with van der Waals surface area (Å²) in [5, 5.41) is 9.30. The number of piperidine rings is 1. The summed E-state index contributed by atoms with van der Waals surface area (Å²) in [6, 6.07) is 5.42. The SMILES string of the molecule is CCOC(=O)[C@]12CCC=C1N(Cc1ccc3c(c1)OCO3)C(=O)[C@@H](CC(=O)O)C2. The number of carbonyl (C=O) groups excluding carboxylic acids is 2. The van der Waals surface area contributed by atoms with Gasteiger partial charge in [-0.2, -0.15) is 0 Å². The first-order valence-electron chi connectivity index (χ1n) is 9.74. The smallest absolute Gasteiger partial charge is 0.318 e. The molecule has 2 aliphatic heterocycles. The lowest BCUT2D eigenvalue weighted by atomic mass is 9.71. The van der Waals surface area contributed by atoms with Gasteiger partial charge < -0.3 is 24.2 Å². The van der Waals surface area contributed by atoms with Gasteiger partial charge in [0.25, 0.3) is 0 Å². The molecule has 1 aromatic carbocycles. The van der Waals surface area contributed by atoms with E-state index in [0.29, 0.717) is 30.0 Å². The highest BCUT2D eigenvalue weighted by Crippen LogP contribution is 2.51. The molecule has 1 saturated heterocycles. The predicted molar refractivity (Wildman–Crippen MR) is 99.9 cm³/mol. The Morgan fingerprint density at radius 3 is 2.86 bits per heavy atom. The fraction of sp³-hybridized carbons (Fsp3) is 0.476. The molecule has 0 saturated carbocycles. The zero-order chi connectivity index (χ0) is 20.6. The second kappa shape index (κ2) is 7.42. The number of hydrogen-bond acceptors (Lipinski definition) is 6. The van der Waals surface area contributed by atoms with E-state index in [1.807, 2.05) is 12.1 Å². The normalized spacial score (nSPS) is 24.9. The van der Waals surface area contributed by atoms with Gasteiger partial charge in [-0.15, -0.1) is 0 Å². The van der Waals surface area contributed by atoms with Crippen LogP contribution in [0.25, 0.3) is 0 Å². The van der Waals surface area contributed by atoms with Gasteiger partial charge in [-0.05, 0) is 43.9 Å². The fourth-order valence-corrected chi connectivity index (χ4v) is 4.52. The topological polar surface area (TPSA) is 102 Å². The van der Waals surface area contributed by atoms with Gasteiger partial charge in [0.2, 0.25) is 12.7 Å². The Morgan fingerprint density at radius 1 is 1.31 bits per heavy atom. The van der Waals surface area contributed by atoms with Crippen molar-refractivity contribution < 1.29 is 33.7 Å². The van der Waals surface area contributed by atoms with Crippen molar-refractivity contribution in [2.24, 2.45) is 11.3 Å². The number of likely N-dealkylation sites (tertiary alicyclic amines) is 1. The van der Waals surface area contributed by atoms with Gasteiger partial charge in [0.05, 0.1) is 25.5 Å². The van der Waals surface area contributed by atoms with Gasteiger partial charge in [-0.3, -0.25) is 14.4 Å². The molecule has 29 heavy (non-hydrogen) atoms. The molecule has 0 aromatic heterocycles. The van der Waals surface area contributed by atoms with Crippen molar-refractivity contribution in [2.45, 2.75) is 39.2 Å². The largest absolute Gasteiger partial charge is 0.481 e. The van der Waals surface area contributed by atoms with Crippen molar-refractivity contribution in [1.82, 2.24) is 4.90 Å². The first-order valence-corrected chi connectivity index (χ1v) is 9.74. The number of esters is 1. The summed E-state index contributed by atoms with van der Waals surface area (Å²) < 4.78 is 16.1. The average Bonchev–Trinajstić information content (AvgIpc) is 3.31. The number of allylic oxidation sites excluding steroid dienone is 1. The molecule has 2 heterocycles. The third kappa shape index (κ3) is 3.32. The molecule has 0 radical (unpaired) electrons. The number of carboxylic acid groups (broad SMARTS) is 1. The Kier molecular flexibility index (Phi) is 4.94. The highest BCUT2D eigenvalue weighted by molar-refractivity contribution is 5.91. The Balaban J connectivity index is 1.69. The summed E-state index contributed by atoms with van der Waals surface area (Å²) in [5.74, 6) is -1.26. The van der Waals surface area contributed by atoms with Gasteiger partial charge in [0.1, 0.15) is 5.41 Å². The second-order valence-corrected chi connectivity index (χ2v) is 7.54. The second-order valence-electron chi connectivity index (χ2n) is 7.54. The first kappa shape index (κ1) is 19.3. The summed E-state index contributed by atoms with van der Waals surface area (Å²) in [6.07, 6.45) is 2.91. The lowest BCUT2D eigenvalue weighted by molar-refractivity contribution is -0.162. The van der Waals surface area contributed by atoms with Crippen molar-refractivity contribution in [3.63, 3.8) is 0 Å². The van der Waals surface area contributed by atoms with Gasteiger partial charge >= 0.3 is 11.9 Å². The van der Waals surface area contributed by atoms with Crippen LogP contribution >= 0.6 is 0 Å². The number of benzene rings is 1. The van der Waals surface area contributed by atoms with E-state index in [2.05, 4.69) is 0 Å². The molecule has 4 rings (SSSR count). The number of hydrogen-bond donors (Lipinski definition) is 1. The number of nitrogens with zero attached hydrogens (tertiary/aromatic N) is 1. The van der Waals surface area contributed by atoms with Crippen molar-refractivity contribution in [3.8, 4) is 11.5 Å². The summed E-state index contributed by atoms with van der Waals surface area (Å²) in [7, 11) is 0. The van der Waals surface area contributed by atoms with E-state index in [-0.39, 0.29) is 44.7 Å². The molecule has 1 fully saturated rings. The molecule has 0 unspecified atom stereocenters. The minimum atomic E-state index is -1.06. The van der Waals surface area contributed by atoms with Crippen LogP contribution in [0.3, 0.4) is 0 Å². The minimum Gasteiger partial charge on any atom is -0.481 e. The van der Waals surface area contributed by atoms with E-state index >= 15 is 0 Å². The Hall–Kier alpha value is -3.03. The monoisotopic (exact) mass is 401 g/mol. The van der Waals surface area contributed by atoms with Gasteiger partial charge in [-0.25, -0.2) is 0 Å². The number of carbonyl (C=O) groups is 3. The zero-order valence-corrected chi connectivity index (χ0v) is 16.2. The van der Waals surface area contributed by atoms with Crippen LogP contribution in [0.4, 0.5) is 0 Å². The molecule has 154 valence electrons. The fourth-order valence-electron chi connectivity index (χ4n) is 4.52. The summed E-state index contributed by atoms with van der Waals surface area (Å²) in [6.45, 7) is 2.34. The molecular weight excluding hydrogens is 378 g/mol. The molecule has 2 atom stereocenters. The molecule has 1 amide bonds. The van der Waals surface area contributed by atoms with E-state index in [0.717, 1.165) is 5.56 Å². The maximum absolute atomic E-state index is 13.2. The summed E-state index contributed by atoms with van der Waals surface area (Å²) in [4.78, 5) is 39.0. The molecule has 1 aliphatic carbocycles. The van der Waals surface area contributed by atoms with Crippen molar-refractivity contribution in [2.75, 3.05) is 13.4 Å². The Bertz CT molecular complexity index is 893. The van der Waals surface area contributed by atoms with E-state index in [4.69, 9.17) is 14.2 Å². The van der Waals surface area contributed by atoms with Crippen LogP contribution in [0.5, 0.6) is 11.5 Å². The number of aliphatic carboxylic acids is 1. The molecule has 0 bridgehead atoms. The molecule has 3 aliphatic rings. The Labute approximate surface area is 168 Å². The maximum atomic E-state index is 13.2. The quantitative estimate of drug-likeness (QED) is 0.731. The number of amides is 1. The maximum Gasteiger partial charge on any atom is 0.318 e. The van der Waals surface area contributed by atoms with Crippen molar-refractivity contribution in [1.29, 1.82) is 0 Å². The number of carboxylic acids is 1. The number of ether oxygens (including phenoxy) is 3. The third-order valence-corrected chi connectivity index (χ3v) is 5.76. The van der Waals surface area contributed by atoms with Gasteiger partial charge in [-0.1, -0.05) is 12.1 Å². The molecule has 8 heteroatoms. The van der Waals surface area contributed by atoms with Gasteiger partial charge in [0.15, 0.2) is 11.5 Å². The van der Waals surface area contributed by atoms with Crippen LogP contribution in [0.1, 0.15) is 38.2 Å². The third-order valence-electron chi connectivity index (χ3n) is 5.76. The first-order chi connectivity index (χ1) is 13.9. The molecule has 1 aromatic rings. The Morgan fingerprint density at radius 2 is 2.10 bits per heavy atom. The molecule has 0 spiro atoms. The summed E-state index contributed by atoms with van der Waals surface area (Å²) >= 11 is 0. The zero-order valence-electron chi connectivity index (χ0n) is 16.2. The number of fused-ring (bicyclic) bond motifs is 2. The van der Waals surface area contributed by atoms with Crippen LogP contribution < -0.4 is 9.47 Å². The van der Waals surface area contributed by atoms with E-state index < -0.39 is 17.3 Å². The molecule has 1 N–H and O–H groups in total. The van der Waals surface area contributed by atoms with E-state index in [1.165, 1.54) is 0 Å². The van der Waals surface area contributed by atoms with Crippen LogP contribution in [0, 0.1) is 11.3 Å². The molecule has 8 nitrogen and oxygen atoms in total. The highest BCUT2D eigenvalue weighted by Gasteiger charge is 2.55. The van der Waals surface area contributed by atoms with Crippen LogP contribution in [-0.2, 0) is 25.7 Å². The lowest BCUT2D eigenvalue weighted by Gasteiger charge is -2.44. The number of rotatable bonds is 6. The predicted octanol–water partition coefficient (Wildman–Crippen LogP) is 2.47.